The monoisotopic (exact) mass is 425 g/mol. The Morgan fingerprint density at radius 2 is 1.79 bits per heavy atom. The van der Waals surface area contributed by atoms with E-state index in [1.807, 2.05) is 0 Å². The van der Waals surface area contributed by atoms with E-state index in [1.165, 1.54) is 31.2 Å². The van der Waals surface area contributed by atoms with Crippen molar-refractivity contribution in [3.05, 3.63) is 59.8 Å². The van der Waals surface area contributed by atoms with Crippen LogP contribution in [0.1, 0.15) is 23.0 Å². The summed E-state index contributed by atoms with van der Waals surface area (Å²) in [4.78, 5) is 11.5. The van der Waals surface area contributed by atoms with E-state index >= 15 is 0 Å². The van der Waals surface area contributed by atoms with Crippen molar-refractivity contribution in [3.63, 3.8) is 0 Å². The van der Waals surface area contributed by atoms with Crippen molar-refractivity contribution >= 4 is 15.8 Å². The second-order valence-electron chi connectivity index (χ2n) is 5.77. The van der Waals surface area contributed by atoms with E-state index in [2.05, 4.69) is 15.4 Å². The number of carbonyl (C=O) groups excluding carboxylic acids is 1. The Morgan fingerprint density at radius 3 is 2.41 bits per heavy atom. The van der Waals surface area contributed by atoms with Crippen molar-refractivity contribution in [2.75, 3.05) is 6.61 Å². The third-order valence-electron chi connectivity index (χ3n) is 3.92. The highest BCUT2D eigenvalue weighted by Gasteiger charge is 2.34. The van der Waals surface area contributed by atoms with Crippen molar-refractivity contribution in [2.24, 2.45) is 0 Å². The lowest BCUT2D eigenvalue weighted by molar-refractivity contribution is -0.137. The standard InChI is InChI=1S/C18H14F3N3O4S/c1-2-28-17(25)16-15(22-24-23-16)13-10-11(18(19,20)21)8-9-14(13)29(26,27)12-6-4-3-5-7-12/h3-10H,2H2,1H3,(H,22,23,24). The first-order valence-corrected chi connectivity index (χ1v) is 9.74. The Kier molecular flexibility index (Phi) is 5.42. The van der Waals surface area contributed by atoms with Crippen molar-refractivity contribution in [2.45, 2.75) is 22.9 Å². The topological polar surface area (TPSA) is 102 Å². The molecule has 0 atom stereocenters. The van der Waals surface area contributed by atoms with Gasteiger partial charge in [-0.1, -0.05) is 18.2 Å². The smallest absolute Gasteiger partial charge is 0.416 e. The zero-order chi connectivity index (χ0) is 21.2. The molecule has 1 aromatic heterocycles. The third-order valence-corrected chi connectivity index (χ3v) is 5.75. The van der Waals surface area contributed by atoms with Crippen LogP contribution in [0.2, 0.25) is 0 Å². The van der Waals surface area contributed by atoms with E-state index in [0.717, 1.165) is 6.07 Å². The quantitative estimate of drug-likeness (QED) is 0.628. The molecule has 0 unspecified atom stereocenters. The van der Waals surface area contributed by atoms with Gasteiger partial charge in [0.05, 0.1) is 22.0 Å². The molecular formula is C18H14F3N3O4S. The maximum atomic E-state index is 13.3. The molecule has 11 heteroatoms. The van der Waals surface area contributed by atoms with Gasteiger partial charge < -0.3 is 4.74 Å². The maximum Gasteiger partial charge on any atom is 0.416 e. The van der Waals surface area contributed by atoms with Crippen LogP contribution in [-0.4, -0.2) is 36.4 Å². The molecule has 0 saturated carbocycles. The molecule has 0 aliphatic rings. The second kappa shape index (κ2) is 7.66. The number of halogens is 3. The molecule has 0 fully saturated rings. The summed E-state index contributed by atoms with van der Waals surface area (Å²) in [7, 11) is -4.21. The molecule has 3 aromatic rings. The number of hydrogen-bond acceptors (Lipinski definition) is 6. The highest BCUT2D eigenvalue weighted by molar-refractivity contribution is 7.91. The Bertz CT molecular complexity index is 1140. The minimum atomic E-state index is -4.74. The fourth-order valence-electron chi connectivity index (χ4n) is 2.61. The summed E-state index contributed by atoms with van der Waals surface area (Å²) in [6.45, 7) is 1.52. The number of aromatic nitrogens is 3. The zero-order valence-electron chi connectivity index (χ0n) is 14.9. The number of carbonyl (C=O) groups is 1. The minimum absolute atomic E-state index is 0.0110. The molecule has 0 aliphatic heterocycles. The van der Waals surface area contributed by atoms with Gasteiger partial charge in [0.25, 0.3) is 0 Å². The van der Waals surface area contributed by atoms with Crippen LogP contribution in [0, 0.1) is 0 Å². The summed E-state index contributed by atoms with van der Waals surface area (Å²) in [6, 6.07) is 9.30. The Balaban J connectivity index is 2.28. The van der Waals surface area contributed by atoms with Gasteiger partial charge in [-0.2, -0.15) is 23.5 Å². The molecule has 2 aromatic carbocycles. The van der Waals surface area contributed by atoms with Crippen LogP contribution in [0.4, 0.5) is 13.2 Å². The van der Waals surface area contributed by atoms with Gasteiger partial charge in [-0.25, -0.2) is 13.2 Å². The number of alkyl halides is 3. The summed E-state index contributed by atoms with van der Waals surface area (Å²) < 4.78 is 70.7. The highest BCUT2D eigenvalue weighted by Crippen LogP contribution is 2.37. The van der Waals surface area contributed by atoms with E-state index in [0.29, 0.717) is 12.1 Å². The number of nitrogens with zero attached hydrogens (tertiary/aromatic N) is 2. The second-order valence-corrected chi connectivity index (χ2v) is 7.68. The maximum absolute atomic E-state index is 13.3. The van der Waals surface area contributed by atoms with Gasteiger partial charge in [0.1, 0.15) is 5.69 Å². The number of aromatic amines is 1. The van der Waals surface area contributed by atoms with Crippen molar-refractivity contribution in [3.8, 4) is 11.3 Å². The number of H-pyrrole nitrogens is 1. The Hall–Kier alpha value is -3.21. The minimum Gasteiger partial charge on any atom is -0.461 e. The van der Waals surface area contributed by atoms with E-state index in [4.69, 9.17) is 4.74 Å². The van der Waals surface area contributed by atoms with Crippen LogP contribution in [-0.2, 0) is 20.8 Å². The predicted molar refractivity (Wildman–Crippen MR) is 94.7 cm³/mol. The third kappa shape index (κ3) is 3.99. The summed E-state index contributed by atoms with van der Waals surface area (Å²) in [5.41, 5.74) is -2.29. The lowest BCUT2D eigenvalue weighted by Gasteiger charge is -2.13. The summed E-state index contributed by atoms with van der Waals surface area (Å²) >= 11 is 0. The lowest BCUT2D eigenvalue weighted by Crippen LogP contribution is -2.11. The first-order chi connectivity index (χ1) is 13.7. The number of ether oxygens (including phenoxy) is 1. The molecule has 3 rings (SSSR count). The average molecular weight is 425 g/mol. The summed E-state index contributed by atoms with van der Waals surface area (Å²) in [6.07, 6.45) is -4.74. The van der Waals surface area contributed by atoms with E-state index in [-0.39, 0.29) is 17.2 Å². The number of benzene rings is 2. The van der Waals surface area contributed by atoms with Crippen molar-refractivity contribution < 1.29 is 31.1 Å². The SMILES string of the molecule is CCOC(=O)c1n[nH]nc1-c1cc(C(F)(F)F)ccc1S(=O)(=O)c1ccccc1. The average Bonchev–Trinajstić information content (AvgIpc) is 3.17. The van der Waals surface area contributed by atoms with Crippen LogP contribution >= 0.6 is 0 Å². The number of hydrogen-bond donors (Lipinski definition) is 1. The molecule has 0 spiro atoms. The molecule has 1 N–H and O–H groups in total. The lowest BCUT2D eigenvalue weighted by atomic mass is 10.1. The first-order valence-electron chi connectivity index (χ1n) is 8.26. The van der Waals surface area contributed by atoms with Gasteiger partial charge in [-0.3, -0.25) is 0 Å². The van der Waals surface area contributed by atoms with E-state index < -0.39 is 43.7 Å². The Morgan fingerprint density at radius 1 is 1.10 bits per heavy atom. The summed E-state index contributed by atoms with van der Waals surface area (Å²) in [5.74, 6) is -0.947. The number of rotatable bonds is 5. The van der Waals surface area contributed by atoms with Gasteiger partial charge in [0, 0.05) is 5.56 Å². The van der Waals surface area contributed by atoms with Crippen LogP contribution in [0.3, 0.4) is 0 Å². The predicted octanol–water partition coefficient (Wildman–Crippen LogP) is 3.50. The summed E-state index contributed by atoms with van der Waals surface area (Å²) in [5, 5.41) is 9.46. The van der Waals surface area contributed by atoms with Gasteiger partial charge in [0.15, 0.2) is 5.69 Å². The molecule has 0 radical (unpaired) electrons. The fourth-order valence-corrected chi connectivity index (χ4v) is 4.07. The molecule has 1 heterocycles. The van der Waals surface area contributed by atoms with Crippen LogP contribution in [0.25, 0.3) is 11.3 Å². The normalized spacial score (nSPS) is 12.0. The van der Waals surface area contributed by atoms with Crippen molar-refractivity contribution in [1.82, 2.24) is 15.4 Å². The van der Waals surface area contributed by atoms with Gasteiger partial charge in [0.2, 0.25) is 9.84 Å². The number of sulfone groups is 1. The van der Waals surface area contributed by atoms with Gasteiger partial charge >= 0.3 is 12.1 Å². The molecule has 7 nitrogen and oxygen atoms in total. The largest absolute Gasteiger partial charge is 0.461 e. The molecule has 0 aliphatic carbocycles. The molecule has 152 valence electrons. The van der Waals surface area contributed by atoms with Crippen LogP contribution < -0.4 is 0 Å². The fraction of sp³-hybridized carbons (Fsp3) is 0.167. The highest BCUT2D eigenvalue weighted by atomic mass is 32.2. The Labute approximate surface area is 163 Å². The van der Waals surface area contributed by atoms with Gasteiger partial charge in [-0.15, -0.1) is 5.10 Å². The first kappa shape index (κ1) is 20.5. The van der Waals surface area contributed by atoms with Gasteiger partial charge in [-0.05, 0) is 37.3 Å². The van der Waals surface area contributed by atoms with E-state index in [1.54, 1.807) is 6.07 Å². The number of nitrogens with one attached hydrogen (secondary N) is 1. The number of esters is 1. The zero-order valence-corrected chi connectivity index (χ0v) is 15.7. The molecule has 0 saturated heterocycles. The van der Waals surface area contributed by atoms with Crippen LogP contribution in [0.5, 0.6) is 0 Å². The molecule has 29 heavy (non-hydrogen) atoms. The molecule has 0 amide bonds. The molecular weight excluding hydrogens is 411 g/mol. The van der Waals surface area contributed by atoms with Crippen LogP contribution in [0.15, 0.2) is 58.3 Å². The van der Waals surface area contributed by atoms with E-state index in [9.17, 15) is 26.4 Å². The van der Waals surface area contributed by atoms with Crippen molar-refractivity contribution in [1.29, 1.82) is 0 Å². The molecule has 0 bridgehead atoms.